The zero-order valence-electron chi connectivity index (χ0n) is 15.7. The third-order valence-corrected chi connectivity index (χ3v) is 6.75. The second-order valence-electron chi connectivity index (χ2n) is 8.30. The lowest BCUT2D eigenvalue weighted by Gasteiger charge is -2.49. The molecule has 0 aliphatic carbocycles. The van der Waals surface area contributed by atoms with E-state index in [1.54, 1.807) is 0 Å². The Morgan fingerprint density at radius 2 is 1.80 bits per heavy atom. The molecule has 4 heteroatoms. The highest BCUT2D eigenvalue weighted by Crippen LogP contribution is 2.44. The molecule has 0 amide bonds. The average Bonchev–Trinajstić information content (AvgIpc) is 2.78. The standard InChI is InChI=1S/C21H32NO3/c1-15(2)22(3)18-9-10-19(22)13-20(12-18)25-21(24)17(14-23)11-16-7-5-4-6-8-16/h4-8,15,17-20,23H,9-14H2,1-3H3/q+1. The molecule has 2 aliphatic heterocycles. The molecular formula is C21H32NO3+. The van der Waals surface area contributed by atoms with Crippen LogP contribution in [-0.4, -0.2) is 53.4 Å². The van der Waals surface area contributed by atoms with Gasteiger partial charge in [0.15, 0.2) is 0 Å². The number of rotatable bonds is 6. The second kappa shape index (κ2) is 7.46. The fourth-order valence-corrected chi connectivity index (χ4v) is 4.95. The Kier molecular flexibility index (Phi) is 5.49. The van der Waals surface area contributed by atoms with Crippen LogP contribution in [0.2, 0.25) is 0 Å². The summed E-state index contributed by atoms with van der Waals surface area (Å²) in [6.45, 7) is 4.45. The third-order valence-electron chi connectivity index (χ3n) is 6.75. The normalized spacial score (nSPS) is 32.6. The number of esters is 1. The molecule has 2 heterocycles. The van der Waals surface area contributed by atoms with Gasteiger partial charge >= 0.3 is 5.97 Å². The van der Waals surface area contributed by atoms with Crippen LogP contribution < -0.4 is 0 Å². The monoisotopic (exact) mass is 346 g/mol. The minimum absolute atomic E-state index is 0.0137. The average molecular weight is 346 g/mol. The van der Waals surface area contributed by atoms with Crippen molar-refractivity contribution < 1.29 is 19.1 Å². The van der Waals surface area contributed by atoms with Crippen LogP contribution in [0.3, 0.4) is 0 Å². The van der Waals surface area contributed by atoms with Crippen LogP contribution in [-0.2, 0) is 16.0 Å². The summed E-state index contributed by atoms with van der Waals surface area (Å²) >= 11 is 0. The Balaban J connectivity index is 1.60. The molecule has 3 unspecified atom stereocenters. The number of benzene rings is 1. The Morgan fingerprint density at radius 1 is 1.20 bits per heavy atom. The molecule has 3 atom stereocenters. The highest BCUT2D eigenvalue weighted by atomic mass is 16.5. The van der Waals surface area contributed by atoms with E-state index in [1.807, 2.05) is 30.3 Å². The van der Waals surface area contributed by atoms with Gasteiger partial charge < -0.3 is 14.3 Å². The maximum Gasteiger partial charge on any atom is 0.311 e. The van der Waals surface area contributed by atoms with E-state index in [0.717, 1.165) is 22.9 Å². The number of nitrogens with zero attached hydrogens (tertiary/aromatic N) is 1. The van der Waals surface area contributed by atoms with Gasteiger partial charge in [0, 0.05) is 25.7 Å². The van der Waals surface area contributed by atoms with Crippen molar-refractivity contribution in [2.24, 2.45) is 5.92 Å². The van der Waals surface area contributed by atoms with Gasteiger partial charge in [-0.05, 0) is 25.8 Å². The summed E-state index contributed by atoms with van der Waals surface area (Å²) in [4.78, 5) is 12.6. The summed E-state index contributed by atoms with van der Waals surface area (Å²) in [7, 11) is 2.37. The number of piperidine rings is 1. The first-order valence-electron chi connectivity index (χ1n) is 9.66. The molecule has 4 nitrogen and oxygen atoms in total. The molecule has 0 aromatic heterocycles. The Labute approximate surface area is 151 Å². The zero-order chi connectivity index (χ0) is 18.0. The molecule has 1 aromatic rings. The number of fused-ring (bicyclic) bond motifs is 2. The minimum Gasteiger partial charge on any atom is -0.462 e. The first kappa shape index (κ1) is 18.4. The van der Waals surface area contributed by atoms with Gasteiger partial charge in [0.2, 0.25) is 0 Å². The van der Waals surface area contributed by atoms with Crippen LogP contribution in [0.1, 0.15) is 45.1 Å². The zero-order valence-corrected chi connectivity index (χ0v) is 15.7. The molecule has 0 radical (unpaired) electrons. The van der Waals surface area contributed by atoms with E-state index >= 15 is 0 Å². The van der Waals surface area contributed by atoms with Crippen LogP contribution in [0.15, 0.2) is 30.3 Å². The molecule has 0 saturated carbocycles. The maximum atomic E-state index is 12.6. The van der Waals surface area contributed by atoms with Gasteiger partial charge in [0.05, 0.1) is 37.7 Å². The number of carbonyl (C=O) groups excluding carboxylic acids is 1. The third kappa shape index (κ3) is 3.61. The minimum atomic E-state index is -0.465. The SMILES string of the molecule is CC(C)[N+]1(C)C2CCC1CC(OC(=O)C(CO)Cc1ccccc1)C2. The van der Waals surface area contributed by atoms with Gasteiger partial charge in [0.1, 0.15) is 6.10 Å². The fraction of sp³-hybridized carbons (Fsp3) is 0.667. The van der Waals surface area contributed by atoms with E-state index in [9.17, 15) is 9.90 Å². The Bertz CT molecular complexity index is 572. The quantitative estimate of drug-likeness (QED) is 0.636. The van der Waals surface area contributed by atoms with Crippen LogP contribution in [0.5, 0.6) is 0 Å². The van der Waals surface area contributed by atoms with Crippen molar-refractivity contribution in [3.05, 3.63) is 35.9 Å². The first-order chi connectivity index (χ1) is 11.9. The summed E-state index contributed by atoms with van der Waals surface area (Å²) in [6, 6.07) is 11.6. The van der Waals surface area contributed by atoms with E-state index in [2.05, 4.69) is 20.9 Å². The van der Waals surface area contributed by atoms with E-state index < -0.39 is 5.92 Å². The van der Waals surface area contributed by atoms with Crippen LogP contribution in [0, 0.1) is 5.92 Å². The molecule has 0 spiro atoms. The van der Waals surface area contributed by atoms with Crippen LogP contribution in [0.4, 0.5) is 0 Å². The van der Waals surface area contributed by atoms with Crippen molar-refractivity contribution in [1.82, 2.24) is 0 Å². The van der Waals surface area contributed by atoms with E-state index in [4.69, 9.17) is 4.74 Å². The highest BCUT2D eigenvalue weighted by Gasteiger charge is 2.53. The molecule has 1 aromatic carbocycles. The number of quaternary nitrogens is 1. The molecule has 25 heavy (non-hydrogen) atoms. The number of hydrogen-bond acceptors (Lipinski definition) is 3. The van der Waals surface area contributed by atoms with Gasteiger partial charge in [-0.15, -0.1) is 0 Å². The van der Waals surface area contributed by atoms with Crippen LogP contribution in [0.25, 0.3) is 0 Å². The van der Waals surface area contributed by atoms with Crippen molar-refractivity contribution in [2.45, 2.75) is 70.2 Å². The van der Waals surface area contributed by atoms with E-state index in [0.29, 0.717) is 24.5 Å². The summed E-state index contributed by atoms with van der Waals surface area (Å²) < 4.78 is 6.99. The summed E-state index contributed by atoms with van der Waals surface area (Å²) in [5.74, 6) is -0.704. The first-order valence-corrected chi connectivity index (χ1v) is 9.66. The maximum absolute atomic E-state index is 12.6. The molecule has 2 aliphatic rings. The molecule has 2 fully saturated rings. The number of aliphatic hydroxyl groups is 1. The van der Waals surface area contributed by atoms with E-state index in [1.165, 1.54) is 12.8 Å². The lowest BCUT2D eigenvalue weighted by atomic mass is 9.94. The van der Waals surface area contributed by atoms with Crippen molar-refractivity contribution in [3.8, 4) is 0 Å². The van der Waals surface area contributed by atoms with E-state index in [-0.39, 0.29) is 18.7 Å². The Hall–Kier alpha value is -1.39. The Morgan fingerprint density at radius 3 is 2.32 bits per heavy atom. The predicted molar refractivity (Wildman–Crippen MR) is 98.0 cm³/mol. The molecular weight excluding hydrogens is 314 g/mol. The van der Waals surface area contributed by atoms with Gasteiger partial charge in [-0.1, -0.05) is 30.3 Å². The lowest BCUT2D eigenvalue weighted by Crippen LogP contribution is -2.62. The largest absolute Gasteiger partial charge is 0.462 e. The number of carbonyl (C=O) groups is 1. The summed E-state index contributed by atoms with van der Waals surface area (Å²) in [5.41, 5.74) is 1.06. The molecule has 2 bridgehead atoms. The van der Waals surface area contributed by atoms with Gasteiger partial charge in [-0.25, -0.2) is 0 Å². The highest BCUT2D eigenvalue weighted by molar-refractivity contribution is 5.73. The van der Waals surface area contributed by atoms with Crippen molar-refractivity contribution >= 4 is 5.97 Å². The number of ether oxygens (including phenoxy) is 1. The van der Waals surface area contributed by atoms with Gasteiger partial charge in [-0.2, -0.15) is 0 Å². The summed E-state index contributed by atoms with van der Waals surface area (Å²) in [6.07, 6.45) is 4.94. The molecule has 1 N–H and O–H groups in total. The molecule has 3 rings (SSSR count). The number of hydrogen-bond donors (Lipinski definition) is 1. The molecule has 138 valence electrons. The summed E-state index contributed by atoms with van der Waals surface area (Å²) in [5, 5.41) is 9.66. The lowest BCUT2D eigenvalue weighted by molar-refractivity contribution is -0.968. The predicted octanol–water partition coefficient (Wildman–Crippen LogP) is 2.93. The van der Waals surface area contributed by atoms with Crippen molar-refractivity contribution in [1.29, 1.82) is 0 Å². The smallest absolute Gasteiger partial charge is 0.311 e. The van der Waals surface area contributed by atoms with Crippen molar-refractivity contribution in [2.75, 3.05) is 13.7 Å². The van der Waals surface area contributed by atoms with Gasteiger partial charge in [0.25, 0.3) is 0 Å². The fourth-order valence-electron chi connectivity index (χ4n) is 4.95. The molecule has 2 saturated heterocycles. The van der Waals surface area contributed by atoms with Crippen LogP contribution >= 0.6 is 0 Å². The van der Waals surface area contributed by atoms with Crippen molar-refractivity contribution in [3.63, 3.8) is 0 Å². The number of aliphatic hydroxyl groups excluding tert-OH is 1. The topological polar surface area (TPSA) is 46.5 Å². The second-order valence-corrected chi connectivity index (χ2v) is 8.30. The van der Waals surface area contributed by atoms with Gasteiger partial charge in [-0.3, -0.25) is 4.79 Å².